The molecule has 1 aromatic rings. The van der Waals surface area contributed by atoms with Gasteiger partial charge >= 0.3 is 0 Å². The maximum atomic E-state index is 12.7. The minimum Gasteiger partial charge on any atom is -0.497 e. The van der Waals surface area contributed by atoms with Crippen molar-refractivity contribution in [2.45, 2.75) is 110 Å². The molecule has 5 heteroatoms. The second-order valence-electron chi connectivity index (χ2n) is 12.3. The minimum atomic E-state index is -1.86. The lowest BCUT2D eigenvalue weighted by molar-refractivity contribution is -0.118. The fraction of sp³-hybridized carbons (Fsp3) is 0.618. The van der Waals surface area contributed by atoms with Gasteiger partial charge in [0.15, 0.2) is 14.1 Å². The highest BCUT2D eigenvalue weighted by molar-refractivity contribution is 6.74. The Kier molecular flexibility index (Phi) is 14.5. The Bertz CT molecular complexity index is 924. The molecule has 39 heavy (non-hydrogen) atoms. The number of ether oxygens (including phenoxy) is 2. The average molecular weight is 555 g/mol. The fourth-order valence-corrected chi connectivity index (χ4v) is 6.04. The maximum absolute atomic E-state index is 12.7. The number of hydrogen-bond donors (Lipinski definition) is 0. The molecule has 1 aliphatic rings. The summed E-state index contributed by atoms with van der Waals surface area (Å²) in [5.41, 5.74) is 1.17. The first-order chi connectivity index (χ1) is 18.6. The molecule has 0 fully saturated rings. The van der Waals surface area contributed by atoms with Crippen LogP contribution in [0.3, 0.4) is 0 Å². The molecule has 3 atom stereocenters. The van der Waals surface area contributed by atoms with Crippen molar-refractivity contribution in [2.24, 2.45) is 11.8 Å². The van der Waals surface area contributed by atoms with Crippen molar-refractivity contribution in [3.05, 3.63) is 66.3 Å². The smallest absolute Gasteiger partial charge is 0.192 e. The maximum Gasteiger partial charge on any atom is 0.192 e. The van der Waals surface area contributed by atoms with Crippen molar-refractivity contribution in [3.63, 3.8) is 0 Å². The minimum absolute atomic E-state index is 0.0849. The Labute approximate surface area is 240 Å². The van der Waals surface area contributed by atoms with Gasteiger partial charge in [-0.2, -0.15) is 0 Å². The van der Waals surface area contributed by atoms with Crippen molar-refractivity contribution in [1.82, 2.24) is 0 Å². The van der Waals surface area contributed by atoms with Crippen LogP contribution in [0.2, 0.25) is 18.1 Å². The van der Waals surface area contributed by atoms with Gasteiger partial charge in [-0.3, -0.25) is 4.79 Å². The summed E-state index contributed by atoms with van der Waals surface area (Å²) in [6.07, 6.45) is 21.1. The summed E-state index contributed by atoms with van der Waals surface area (Å²) in [5.74, 6) is 1.55. The van der Waals surface area contributed by atoms with Crippen LogP contribution in [0.1, 0.15) is 84.6 Å². The van der Waals surface area contributed by atoms with Gasteiger partial charge in [-0.05, 0) is 99.2 Å². The van der Waals surface area contributed by atoms with E-state index in [2.05, 4.69) is 71.2 Å². The Hall–Kier alpha value is -1.95. The molecule has 218 valence electrons. The molecule has 0 amide bonds. The van der Waals surface area contributed by atoms with E-state index in [-0.39, 0.29) is 22.8 Å². The second-order valence-corrected chi connectivity index (χ2v) is 17.1. The highest BCUT2D eigenvalue weighted by Crippen LogP contribution is 2.39. The summed E-state index contributed by atoms with van der Waals surface area (Å²) in [6.45, 7) is 15.1. The number of methoxy groups -OCH3 is 1. The first-order valence-electron chi connectivity index (χ1n) is 15.0. The van der Waals surface area contributed by atoms with Crippen LogP contribution in [0.15, 0.2) is 60.7 Å². The standard InChI is InChI=1S/C34H54O4Si/c1-8-9-13-17-31(38-39(6,7)34(2,3)4)23-24-32-29(20-25-33(32)35)16-14-11-10-12-15-26-37-27-28-18-21-30(36-5)22-19-28/h9,11,13-14,18-22,25,29,31-32H,8,10,12,15-17,23-24,26-27H2,1-7H3/b13-9-,14-11-/t29-,31+,32?/m0/s1. The normalized spacial score (nSPS) is 19.0. The molecule has 0 saturated carbocycles. The SMILES string of the molecule is CC/C=C\C[C@H](CCC1C(=O)C=C[C@@H]1C/C=C\CCCCOCc1ccc(OC)cc1)O[Si](C)(C)C(C)(C)C. The van der Waals surface area contributed by atoms with Crippen molar-refractivity contribution >= 4 is 14.1 Å². The van der Waals surface area contributed by atoms with Gasteiger partial charge < -0.3 is 13.9 Å². The molecule has 0 saturated heterocycles. The lowest BCUT2D eigenvalue weighted by Gasteiger charge is -2.39. The van der Waals surface area contributed by atoms with Gasteiger partial charge in [0.1, 0.15) is 5.75 Å². The molecule has 0 aromatic heterocycles. The topological polar surface area (TPSA) is 44.8 Å². The second kappa shape index (κ2) is 17.0. The molecule has 0 bridgehead atoms. The third kappa shape index (κ3) is 12.0. The van der Waals surface area contributed by atoms with Gasteiger partial charge in [0.2, 0.25) is 0 Å². The Morgan fingerprint density at radius 1 is 1.03 bits per heavy atom. The van der Waals surface area contributed by atoms with Crippen LogP contribution in [0.5, 0.6) is 5.75 Å². The highest BCUT2D eigenvalue weighted by atomic mass is 28.4. The number of carbonyl (C=O) groups is 1. The predicted molar refractivity (Wildman–Crippen MR) is 167 cm³/mol. The number of carbonyl (C=O) groups excluding carboxylic acids is 1. The molecule has 2 rings (SSSR count). The van der Waals surface area contributed by atoms with Gasteiger partial charge in [-0.25, -0.2) is 0 Å². The number of allylic oxidation sites excluding steroid dienone is 5. The van der Waals surface area contributed by atoms with Crippen molar-refractivity contribution in [3.8, 4) is 5.75 Å². The van der Waals surface area contributed by atoms with Crippen LogP contribution in [0.4, 0.5) is 0 Å². The number of rotatable bonds is 18. The van der Waals surface area contributed by atoms with E-state index in [0.717, 1.165) is 63.7 Å². The number of benzene rings is 1. The molecule has 0 radical (unpaired) electrons. The number of ketones is 1. The monoisotopic (exact) mass is 554 g/mol. The van der Waals surface area contributed by atoms with E-state index in [0.29, 0.717) is 12.5 Å². The molecule has 0 N–H and O–H groups in total. The molecule has 0 spiro atoms. The van der Waals surface area contributed by atoms with Crippen LogP contribution >= 0.6 is 0 Å². The number of unbranched alkanes of at least 4 members (excludes halogenated alkanes) is 2. The summed E-state index contributed by atoms with van der Waals surface area (Å²) >= 11 is 0. The van der Waals surface area contributed by atoms with Gasteiger partial charge in [0.05, 0.1) is 13.7 Å². The number of hydrogen-bond acceptors (Lipinski definition) is 4. The zero-order valence-electron chi connectivity index (χ0n) is 25.7. The lowest BCUT2D eigenvalue weighted by atomic mass is 9.86. The first kappa shape index (κ1) is 33.3. The average Bonchev–Trinajstić information content (AvgIpc) is 3.24. The zero-order valence-corrected chi connectivity index (χ0v) is 26.7. The predicted octanol–water partition coefficient (Wildman–Crippen LogP) is 9.23. The quantitative estimate of drug-likeness (QED) is 0.103. The summed E-state index contributed by atoms with van der Waals surface area (Å²) in [4.78, 5) is 12.7. The van der Waals surface area contributed by atoms with Gasteiger partial charge in [0.25, 0.3) is 0 Å². The van der Waals surface area contributed by atoms with Crippen molar-refractivity contribution in [1.29, 1.82) is 0 Å². The molecule has 1 aliphatic carbocycles. The summed E-state index contributed by atoms with van der Waals surface area (Å²) in [6, 6.07) is 8.02. The first-order valence-corrected chi connectivity index (χ1v) is 17.9. The molecule has 0 heterocycles. The van der Waals surface area contributed by atoms with E-state index < -0.39 is 8.32 Å². The largest absolute Gasteiger partial charge is 0.497 e. The Morgan fingerprint density at radius 2 is 1.77 bits per heavy atom. The summed E-state index contributed by atoms with van der Waals surface area (Å²) in [5, 5.41) is 0.181. The van der Waals surface area contributed by atoms with E-state index in [1.807, 2.05) is 30.3 Å². The van der Waals surface area contributed by atoms with E-state index in [4.69, 9.17) is 13.9 Å². The zero-order chi connectivity index (χ0) is 28.7. The summed E-state index contributed by atoms with van der Waals surface area (Å²) in [7, 11) is -0.183. The molecular formula is C34H54O4Si. The molecule has 1 aromatic carbocycles. The van der Waals surface area contributed by atoms with Crippen molar-refractivity contribution < 1.29 is 18.7 Å². The molecule has 4 nitrogen and oxygen atoms in total. The van der Waals surface area contributed by atoms with Gasteiger partial charge in [0, 0.05) is 18.6 Å². The van der Waals surface area contributed by atoms with Gasteiger partial charge in [-0.1, -0.05) is 70.2 Å². The van der Waals surface area contributed by atoms with Gasteiger partial charge in [-0.15, -0.1) is 0 Å². The van der Waals surface area contributed by atoms with Crippen LogP contribution in [-0.4, -0.2) is 33.9 Å². The van der Waals surface area contributed by atoms with Crippen LogP contribution in [0, 0.1) is 11.8 Å². The van der Waals surface area contributed by atoms with Crippen LogP contribution < -0.4 is 4.74 Å². The Balaban J connectivity index is 1.72. The molecular weight excluding hydrogens is 500 g/mol. The Morgan fingerprint density at radius 3 is 2.44 bits per heavy atom. The third-order valence-corrected chi connectivity index (χ3v) is 12.7. The van der Waals surface area contributed by atoms with E-state index in [1.165, 1.54) is 5.56 Å². The third-order valence-electron chi connectivity index (χ3n) is 8.17. The van der Waals surface area contributed by atoms with E-state index >= 15 is 0 Å². The van der Waals surface area contributed by atoms with Crippen LogP contribution in [0.25, 0.3) is 0 Å². The summed E-state index contributed by atoms with van der Waals surface area (Å²) < 4.78 is 17.8. The lowest BCUT2D eigenvalue weighted by Crippen LogP contribution is -2.44. The van der Waals surface area contributed by atoms with Crippen LogP contribution in [-0.2, 0) is 20.6 Å². The fourth-order valence-electron chi connectivity index (χ4n) is 4.63. The molecule has 1 unspecified atom stereocenters. The van der Waals surface area contributed by atoms with E-state index in [1.54, 1.807) is 7.11 Å². The van der Waals surface area contributed by atoms with E-state index in [9.17, 15) is 4.79 Å². The highest BCUT2D eigenvalue weighted by Gasteiger charge is 2.39. The molecule has 0 aliphatic heterocycles. The van der Waals surface area contributed by atoms with Crippen molar-refractivity contribution in [2.75, 3.05) is 13.7 Å².